The Balaban J connectivity index is 1.85. The molecule has 0 unspecified atom stereocenters. The number of anilines is 2. The van der Waals surface area contributed by atoms with E-state index in [9.17, 15) is 5.11 Å². The van der Waals surface area contributed by atoms with E-state index in [-0.39, 0.29) is 5.75 Å². The average molecular weight is 333 g/mol. The van der Waals surface area contributed by atoms with E-state index in [0.29, 0.717) is 10.8 Å². The highest BCUT2D eigenvalue weighted by molar-refractivity contribution is 7.14. The first-order chi connectivity index (χ1) is 10.7. The molecule has 2 N–H and O–H groups in total. The Kier molecular flexibility index (Phi) is 4.18. The van der Waals surface area contributed by atoms with E-state index in [0.717, 1.165) is 22.1 Å². The summed E-state index contributed by atoms with van der Waals surface area (Å²) in [6.07, 6.45) is 0. The summed E-state index contributed by atoms with van der Waals surface area (Å²) >= 11 is 7.50. The van der Waals surface area contributed by atoms with Crippen LogP contribution in [0.5, 0.6) is 11.5 Å². The molecule has 0 aliphatic carbocycles. The third-order valence-corrected chi connectivity index (χ3v) is 4.06. The molecule has 0 atom stereocenters. The molecule has 6 heteroatoms. The minimum absolute atomic E-state index is 0.237. The molecule has 0 spiro atoms. The van der Waals surface area contributed by atoms with E-state index in [1.165, 1.54) is 11.3 Å². The molecule has 3 rings (SSSR count). The number of phenolic OH excluding ortho intramolecular Hbond substituents is 1. The number of benzene rings is 2. The van der Waals surface area contributed by atoms with Crippen LogP contribution in [0.2, 0.25) is 5.02 Å². The van der Waals surface area contributed by atoms with Gasteiger partial charge in [-0.3, -0.25) is 0 Å². The summed E-state index contributed by atoms with van der Waals surface area (Å²) in [6, 6.07) is 12.3. The molecule has 0 radical (unpaired) electrons. The summed E-state index contributed by atoms with van der Waals surface area (Å²) < 4.78 is 5.31. The summed E-state index contributed by atoms with van der Waals surface area (Å²) in [4.78, 5) is 4.54. The van der Waals surface area contributed by atoms with Crippen LogP contribution in [0.25, 0.3) is 11.3 Å². The lowest BCUT2D eigenvalue weighted by Gasteiger charge is -2.09. The third-order valence-electron chi connectivity index (χ3n) is 3.07. The number of nitrogens with zero attached hydrogens (tertiary/aromatic N) is 1. The molecule has 1 heterocycles. The summed E-state index contributed by atoms with van der Waals surface area (Å²) in [5.74, 6) is 0.937. The predicted octanol–water partition coefficient (Wildman–Crippen LogP) is 4.92. The van der Waals surface area contributed by atoms with Crippen molar-refractivity contribution in [3.05, 3.63) is 52.9 Å². The van der Waals surface area contributed by atoms with Gasteiger partial charge < -0.3 is 15.2 Å². The zero-order chi connectivity index (χ0) is 15.5. The molecule has 112 valence electrons. The minimum Gasteiger partial charge on any atom is -0.508 e. The lowest BCUT2D eigenvalue weighted by Crippen LogP contribution is -1.94. The number of ether oxygens (including phenoxy) is 1. The topological polar surface area (TPSA) is 54.4 Å². The fraction of sp³-hybridized carbons (Fsp3) is 0.0625. The standard InChI is InChI=1S/C16H13ClN2O2S/c1-21-15-7-4-11(17)8-13(15)18-16-19-14(9-22-16)10-2-5-12(20)6-3-10/h2-9,20H,1H3,(H,18,19). The highest BCUT2D eigenvalue weighted by atomic mass is 35.5. The van der Waals surface area contributed by atoms with Gasteiger partial charge in [0.15, 0.2) is 5.13 Å². The maximum absolute atomic E-state index is 9.33. The fourth-order valence-electron chi connectivity index (χ4n) is 1.99. The van der Waals surface area contributed by atoms with Crippen LogP contribution in [0.4, 0.5) is 10.8 Å². The normalized spacial score (nSPS) is 10.5. The lowest BCUT2D eigenvalue weighted by molar-refractivity contribution is 0.417. The summed E-state index contributed by atoms with van der Waals surface area (Å²) in [6.45, 7) is 0. The number of hydrogen-bond acceptors (Lipinski definition) is 5. The van der Waals surface area contributed by atoms with Gasteiger partial charge in [-0.05, 0) is 42.5 Å². The van der Waals surface area contributed by atoms with Gasteiger partial charge in [0, 0.05) is 16.0 Å². The van der Waals surface area contributed by atoms with Gasteiger partial charge in [0.1, 0.15) is 11.5 Å². The number of rotatable bonds is 4. The van der Waals surface area contributed by atoms with Gasteiger partial charge in [-0.25, -0.2) is 4.98 Å². The van der Waals surface area contributed by atoms with E-state index in [1.54, 1.807) is 37.4 Å². The van der Waals surface area contributed by atoms with E-state index in [2.05, 4.69) is 10.3 Å². The highest BCUT2D eigenvalue weighted by Gasteiger charge is 2.08. The quantitative estimate of drug-likeness (QED) is 0.712. The molecule has 0 aliphatic heterocycles. The molecule has 2 aromatic carbocycles. The van der Waals surface area contributed by atoms with Crippen molar-refractivity contribution in [2.75, 3.05) is 12.4 Å². The first kappa shape index (κ1) is 14.7. The first-order valence-electron chi connectivity index (χ1n) is 6.51. The molecule has 1 aromatic heterocycles. The number of aromatic hydroxyl groups is 1. The van der Waals surface area contributed by atoms with Crippen molar-refractivity contribution in [2.24, 2.45) is 0 Å². The molecule has 22 heavy (non-hydrogen) atoms. The van der Waals surface area contributed by atoms with Crippen LogP contribution < -0.4 is 10.1 Å². The van der Waals surface area contributed by atoms with Crippen molar-refractivity contribution in [1.82, 2.24) is 4.98 Å². The van der Waals surface area contributed by atoms with Crippen LogP contribution >= 0.6 is 22.9 Å². The minimum atomic E-state index is 0.237. The van der Waals surface area contributed by atoms with Crippen molar-refractivity contribution in [1.29, 1.82) is 0 Å². The average Bonchev–Trinajstić information content (AvgIpc) is 2.97. The maximum atomic E-state index is 9.33. The summed E-state index contributed by atoms with van der Waals surface area (Å²) in [7, 11) is 1.61. The molecule has 0 saturated carbocycles. The Morgan fingerprint density at radius 3 is 2.68 bits per heavy atom. The van der Waals surface area contributed by atoms with Crippen LogP contribution in [0.1, 0.15) is 0 Å². The highest BCUT2D eigenvalue weighted by Crippen LogP contribution is 2.33. The summed E-state index contributed by atoms with van der Waals surface area (Å²) in [5.41, 5.74) is 2.55. The molecule has 3 aromatic rings. The van der Waals surface area contributed by atoms with Crippen LogP contribution in [-0.2, 0) is 0 Å². The largest absolute Gasteiger partial charge is 0.508 e. The second-order valence-corrected chi connectivity index (χ2v) is 5.85. The number of nitrogens with one attached hydrogen (secondary N) is 1. The van der Waals surface area contributed by atoms with Crippen molar-refractivity contribution in [3.8, 4) is 22.8 Å². The second-order valence-electron chi connectivity index (χ2n) is 4.55. The van der Waals surface area contributed by atoms with Gasteiger partial charge in [0.05, 0.1) is 18.5 Å². The SMILES string of the molecule is COc1ccc(Cl)cc1Nc1nc(-c2ccc(O)cc2)cs1. The molecular weight excluding hydrogens is 320 g/mol. The molecular formula is C16H13ClN2O2S. The van der Waals surface area contributed by atoms with Gasteiger partial charge in [-0.1, -0.05) is 11.6 Å². The Labute approximate surface area is 137 Å². The Bertz CT molecular complexity index is 787. The van der Waals surface area contributed by atoms with Crippen molar-refractivity contribution >= 4 is 33.8 Å². The Morgan fingerprint density at radius 1 is 1.18 bits per heavy atom. The van der Waals surface area contributed by atoms with Crippen molar-refractivity contribution < 1.29 is 9.84 Å². The van der Waals surface area contributed by atoms with Gasteiger partial charge in [0.2, 0.25) is 0 Å². The lowest BCUT2D eigenvalue weighted by atomic mass is 10.2. The van der Waals surface area contributed by atoms with E-state index >= 15 is 0 Å². The third kappa shape index (κ3) is 3.16. The predicted molar refractivity (Wildman–Crippen MR) is 90.5 cm³/mol. The molecule has 0 bridgehead atoms. The summed E-state index contributed by atoms with van der Waals surface area (Å²) in [5, 5.41) is 15.9. The number of halogens is 1. The van der Waals surface area contributed by atoms with E-state index < -0.39 is 0 Å². The number of phenols is 1. The van der Waals surface area contributed by atoms with E-state index in [1.807, 2.05) is 17.5 Å². The molecule has 0 amide bonds. The number of aromatic nitrogens is 1. The molecule has 4 nitrogen and oxygen atoms in total. The first-order valence-corrected chi connectivity index (χ1v) is 7.77. The van der Waals surface area contributed by atoms with Crippen molar-refractivity contribution in [3.63, 3.8) is 0 Å². The Morgan fingerprint density at radius 2 is 1.95 bits per heavy atom. The van der Waals surface area contributed by atoms with Gasteiger partial charge in [-0.2, -0.15) is 0 Å². The monoisotopic (exact) mass is 332 g/mol. The second kappa shape index (κ2) is 6.25. The van der Waals surface area contributed by atoms with Crippen LogP contribution in [0.15, 0.2) is 47.8 Å². The van der Waals surface area contributed by atoms with Gasteiger partial charge >= 0.3 is 0 Å². The molecule has 0 saturated heterocycles. The van der Waals surface area contributed by atoms with E-state index in [4.69, 9.17) is 16.3 Å². The Hall–Kier alpha value is -2.24. The molecule has 0 fully saturated rings. The number of hydrogen-bond donors (Lipinski definition) is 2. The number of methoxy groups -OCH3 is 1. The van der Waals surface area contributed by atoms with Gasteiger partial charge in [0.25, 0.3) is 0 Å². The zero-order valence-electron chi connectivity index (χ0n) is 11.7. The zero-order valence-corrected chi connectivity index (χ0v) is 13.3. The van der Waals surface area contributed by atoms with Crippen molar-refractivity contribution in [2.45, 2.75) is 0 Å². The number of thiazole rings is 1. The van der Waals surface area contributed by atoms with Crippen LogP contribution in [0.3, 0.4) is 0 Å². The molecule has 0 aliphatic rings. The fourth-order valence-corrected chi connectivity index (χ4v) is 2.89. The smallest absolute Gasteiger partial charge is 0.187 e. The maximum Gasteiger partial charge on any atom is 0.187 e. The van der Waals surface area contributed by atoms with Gasteiger partial charge in [-0.15, -0.1) is 11.3 Å². The van der Waals surface area contributed by atoms with Crippen LogP contribution in [0, 0.1) is 0 Å². The van der Waals surface area contributed by atoms with Crippen LogP contribution in [-0.4, -0.2) is 17.2 Å².